The molecule has 0 fully saturated rings. The number of hydrogen-bond donors (Lipinski definition) is 3. The van der Waals surface area contributed by atoms with E-state index < -0.39 is 5.97 Å². The van der Waals surface area contributed by atoms with Crippen molar-refractivity contribution in [3.05, 3.63) is 29.8 Å². The number of amides is 2. The lowest BCUT2D eigenvalue weighted by atomic mass is 10.1. The molecule has 6 nitrogen and oxygen atoms in total. The molecular weight excluding hydrogens is 272 g/mol. The Morgan fingerprint density at radius 3 is 2.48 bits per heavy atom. The fraction of sp³-hybridized carbons (Fsp3) is 0.467. The first kappa shape index (κ1) is 16.8. The molecular formula is C15H22N2O4. The summed E-state index contributed by atoms with van der Waals surface area (Å²) in [6.07, 6.45) is 1.39. The molecule has 21 heavy (non-hydrogen) atoms. The Morgan fingerprint density at radius 1 is 1.29 bits per heavy atom. The summed E-state index contributed by atoms with van der Waals surface area (Å²) in [5, 5.41) is 14.2. The van der Waals surface area contributed by atoms with Gasteiger partial charge in [-0.15, -0.1) is 0 Å². The Hall–Kier alpha value is -2.24. The van der Waals surface area contributed by atoms with E-state index in [0.29, 0.717) is 13.0 Å². The van der Waals surface area contributed by atoms with Crippen molar-refractivity contribution < 1.29 is 19.4 Å². The Labute approximate surface area is 124 Å². The van der Waals surface area contributed by atoms with Gasteiger partial charge in [0, 0.05) is 12.6 Å². The molecule has 0 aliphatic heterocycles. The Kier molecular flexibility index (Phi) is 7.08. The number of nitrogens with one attached hydrogen (secondary N) is 2. The quantitative estimate of drug-likeness (QED) is 0.685. The predicted molar refractivity (Wildman–Crippen MR) is 79.3 cm³/mol. The number of carbonyl (C=O) groups excluding carboxylic acids is 1. The van der Waals surface area contributed by atoms with Crippen molar-refractivity contribution in [2.75, 3.05) is 7.11 Å². The van der Waals surface area contributed by atoms with Crippen molar-refractivity contribution >= 4 is 12.0 Å². The van der Waals surface area contributed by atoms with Crippen molar-refractivity contribution in [2.45, 2.75) is 38.8 Å². The SMILES string of the molecule is CCCC(CC(=O)O)NC(=O)NCc1ccc(OC)cc1. The van der Waals surface area contributed by atoms with Crippen LogP contribution in [0.3, 0.4) is 0 Å². The van der Waals surface area contributed by atoms with Crippen molar-refractivity contribution in [3.8, 4) is 5.75 Å². The lowest BCUT2D eigenvalue weighted by molar-refractivity contribution is -0.137. The highest BCUT2D eigenvalue weighted by Crippen LogP contribution is 2.10. The molecule has 1 rings (SSSR count). The zero-order valence-corrected chi connectivity index (χ0v) is 12.4. The molecule has 0 aliphatic rings. The van der Waals surface area contributed by atoms with Gasteiger partial charge in [-0.05, 0) is 24.1 Å². The van der Waals surface area contributed by atoms with Gasteiger partial charge in [-0.3, -0.25) is 4.79 Å². The van der Waals surface area contributed by atoms with Crippen LogP contribution < -0.4 is 15.4 Å². The summed E-state index contributed by atoms with van der Waals surface area (Å²) in [7, 11) is 1.59. The third-order valence-corrected chi connectivity index (χ3v) is 3.01. The van der Waals surface area contributed by atoms with Gasteiger partial charge >= 0.3 is 12.0 Å². The highest BCUT2D eigenvalue weighted by atomic mass is 16.5. The number of carboxylic acids is 1. The lowest BCUT2D eigenvalue weighted by Gasteiger charge is -2.16. The van der Waals surface area contributed by atoms with Crippen LogP contribution in [0.25, 0.3) is 0 Å². The number of methoxy groups -OCH3 is 1. The maximum absolute atomic E-state index is 11.8. The van der Waals surface area contributed by atoms with Gasteiger partial charge in [-0.25, -0.2) is 4.79 Å². The van der Waals surface area contributed by atoms with E-state index in [1.807, 2.05) is 31.2 Å². The number of aliphatic carboxylic acids is 1. The molecule has 0 spiro atoms. The highest BCUT2D eigenvalue weighted by Gasteiger charge is 2.14. The van der Waals surface area contributed by atoms with Gasteiger partial charge in [-0.1, -0.05) is 25.5 Å². The van der Waals surface area contributed by atoms with Crippen LogP contribution in [-0.2, 0) is 11.3 Å². The predicted octanol–water partition coefficient (Wildman–Crippen LogP) is 2.14. The third kappa shape index (κ3) is 6.65. The summed E-state index contributed by atoms with van der Waals surface area (Å²) >= 11 is 0. The summed E-state index contributed by atoms with van der Waals surface area (Å²) in [5.74, 6) is -0.156. The van der Waals surface area contributed by atoms with E-state index in [0.717, 1.165) is 17.7 Å². The second-order valence-electron chi connectivity index (χ2n) is 4.76. The van der Waals surface area contributed by atoms with Crippen LogP contribution >= 0.6 is 0 Å². The molecule has 0 saturated carbocycles. The molecule has 6 heteroatoms. The summed E-state index contributed by atoms with van der Waals surface area (Å²) in [5.41, 5.74) is 0.941. The number of urea groups is 1. The molecule has 2 amide bonds. The molecule has 1 aromatic rings. The van der Waals surface area contributed by atoms with E-state index in [9.17, 15) is 9.59 Å². The van der Waals surface area contributed by atoms with Gasteiger partial charge in [0.15, 0.2) is 0 Å². The van der Waals surface area contributed by atoms with Crippen LogP contribution in [-0.4, -0.2) is 30.3 Å². The van der Waals surface area contributed by atoms with Crippen LogP contribution in [0, 0.1) is 0 Å². The summed E-state index contributed by atoms with van der Waals surface area (Å²) < 4.78 is 5.06. The zero-order chi connectivity index (χ0) is 15.7. The van der Waals surface area contributed by atoms with Gasteiger partial charge in [-0.2, -0.15) is 0 Å². The molecule has 116 valence electrons. The van der Waals surface area contributed by atoms with E-state index in [2.05, 4.69) is 10.6 Å². The monoisotopic (exact) mass is 294 g/mol. The molecule has 1 atom stereocenters. The summed E-state index contributed by atoms with van der Waals surface area (Å²) in [6, 6.07) is 6.66. The van der Waals surface area contributed by atoms with Crippen LogP contribution in [0.15, 0.2) is 24.3 Å². The molecule has 1 aromatic carbocycles. The fourth-order valence-electron chi connectivity index (χ4n) is 1.95. The molecule has 0 radical (unpaired) electrons. The van der Waals surface area contributed by atoms with E-state index >= 15 is 0 Å². The lowest BCUT2D eigenvalue weighted by Crippen LogP contribution is -2.42. The number of carboxylic acid groups (broad SMARTS) is 1. The number of carbonyl (C=O) groups is 2. The molecule has 0 heterocycles. The molecule has 0 saturated heterocycles. The van der Waals surface area contributed by atoms with E-state index in [-0.39, 0.29) is 18.5 Å². The van der Waals surface area contributed by atoms with E-state index in [1.165, 1.54) is 0 Å². The van der Waals surface area contributed by atoms with Gasteiger partial charge in [0.1, 0.15) is 5.75 Å². The maximum Gasteiger partial charge on any atom is 0.315 e. The van der Waals surface area contributed by atoms with Crippen LogP contribution in [0.2, 0.25) is 0 Å². The second-order valence-corrected chi connectivity index (χ2v) is 4.76. The Bertz CT molecular complexity index is 459. The molecule has 0 aliphatic carbocycles. The first-order valence-corrected chi connectivity index (χ1v) is 6.94. The van der Waals surface area contributed by atoms with E-state index in [1.54, 1.807) is 7.11 Å². The third-order valence-electron chi connectivity index (χ3n) is 3.01. The van der Waals surface area contributed by atoms with Crippen molar-refractivity contribution in [1.29, 1.82) is 0 Å². The number of ether oxygens (including phenoxy) is 1. The van der Waals surface area contributed by atoms with E-state index in [4.69, 9.17) is 9.84 Å². The Morgan fingerprint density at radius 2 is 1.95 bits per heavy atom. The average Bonchev–Trinajstić information content (AvgIpc) is 2.45. The van der Waals surface area contributed by atoms with Crippen LogP contribution in [0.4, 0.5) is 4.79 Å². The minimum Gasteiger partial charge on any atom is -0.497 e. The molecule has 0 bridgehead atoms. The molecule has 1 unspecified atom stereocenters. The first-order valence-electron chi connectivity index (χ1n) is 6.94. The smallest absolute Gasteiger partial charge is 0.315 e. The summed E-state index contributed by atoms with van der Waals surface area (Å²) in [4.78, 5) is 22.5. The minimum absolute atomic E-state index is 0.0657. The van der Waals surface area contributed by atoms with Gasteiger partial charge in [0.2, 0.25) is 0 Å². The largest absolute Gasteiger partial charge is 0.497 e. The molecule has 3 N–H and O–H groups in total. The number of benzene rings is 1. The zero-order valence-electron chi connectivity index (χ0n) is 12.4. The van der Waals surface area contributed by atoms with Crippen LogP contribution in [0.1, 0.15) is 31.7 Å². The van der Waals surface area contributed by atoms with Crippen molar-refractivity contribution in [2.24, 2.45) is 0 Å². The topological polar surface area (TPSA) is 87.7 Å². The minimum atomic E-state index is -0.913. The fourth-order valence-corrected chi connectivity index (χ4v) is 1.95. The molecule has 0 aromatic heterocycles. The average molecular weight is 294 g/mol. The summed E-state index contributed by atoms with van der Waals surface area (Å²) in [6.45, 7) is 2.33. The highest BCUT2D eigenvalue weighted by molar-refractivity contribution is 5.75. The van der Waals surface area contributed by atoms with Crippen molar-refractivity contribution in [3.63, 3.8) is 0 Å². The maximum atomic E-state index is 11.8. The standard InChI is InChI=1S/C15H22N2O4/c1-3-4-12(9-14(18)19)17-15(20)16-10-11-5-7-13(21-2)8-6-11/h5-8,12H,3-4,9-10H2,1-2H3,(H,18,19)(H2,16,17,20). The van der Waals surface area contributed by atoms with Gasteiger partial charge in [0.25, 0.3) is 0 Å². The number of rotatable bonds is 8. The van der Waals surface area contributed by atoms with Crippen LogP contribution in [0.5, 0.6) is 5.75 Å². The van der Waals surface area contributed by atoms with Gasteiger partial charge in [0.05, 0.1) is 13.5 Å². The van der Waals surface area contributed by atoms with Gasteiger partial charge < -0.3 is 20.5 Å². The van der Waals surface area contributed by atoms with Crippen molar-refractivity contribution in [1.82, 2.24) is 10.6 Å². The normalized spacial score (nSPS) is 11.5. The first-order chi connectivity index (χ1) is 10.0. The second kappa shape index (κ2) is 8.84. The Balaban J connectivity index is 2.42. The number of hydrogen-bond acceptors (Lipinski definition) is 3.